The summed E-state index contributed by atoms with van der Waals surface area (Å²) in [5.74, 6) is -3.40. The van der Waals surface area contributed by atoms with E-state index in [1.54, 1.807) is 12.4 Å². The Morgan fingerprint density at radius 1 is 1.11 bits per heavy atom. The predicted octanol–water partition coefficient (Wildman–Crippen LogP) is 3.35. The van der Waals surface area contributed by atoms with Crippen molar-refractivity contribution < 1.29 is 24.6 Å². The molecule has 2 rings (SSSR count). The number of nitrogens with one attached hydrogen (secondary N) is 2. The summed E-state index contributed by atoms with van der Waals surface area (Å²) >= 11 is 0. The lowest BCUT2D eigenvalue weighted by molar-refractivity contribution is -0.141. The molecule has 2 aromatic rings. The molecule has 35 heavy (non-hydrogen) atoms. The number of carbonyl (C=O) groups excluding carboxylic acids is 2. The van der Waals surface area contributed by atoms with Gasteiger partial charge in [0.25, 0.3) is 11.8 Å². The number of carboxylic acid groups (broad SMARTS) is 1. The molecule has 9 nitrogen and oxygen atoms in total. The first-order valence-corrected chi connectivity index (χ1v) is 10.9. The molecule has 1 heterocycles. The molecule has 1 unspecified atom stereocenters. The monoisotopic (exact) mass is 478 g/mol. The normalized spacial score (nSPS) is 13.0. The Kier molecular flexibility index (Phi) is 9.04. The van der Waals surface area contributed by atoms with Crippen LogP contribution in [0.5, 0.6) is 0 Å². The third-order valence-electron chi connectivity index (χ3n) is 5.26. The fourth-order valence-electron chi connectivity index (χ4n) is 2.99. The van der Waals surface area contributed by atoms with Gasteiger partial charge in [-0.05, 0) is 43.5 Å². The molecule has 9 heteroatoms. The molecule has 0 aliphatic rings. The van der Waals surface area contributed by atoms with Crippen LogP contribution in [0.4, 0.5) is 0 Å². The fraction of sp³-hybridized carbons (Fsp3) is 0.269. The predicted molar refractivity (Wildman–Crippen MR) is 134 cm³/mol. The summed E-state index contributed by atoms with van der Waals surface area (Å²) in [5.41, 5.74) is 1.62. The lowest BCUT2D eigenvalue weighted by Crippen LogP contribution is -2.42. The molecular weight excluding hydrogens is 448 g/mol. The van der Waals surface area contributed by atoms with Crippen LogP contribution in [0.1, 0.15) is 33.3 Å². The number of aliphatic carboxylic acids is 1. The van der Waals surface area contributed by atoms with E-state index in [2.05, 4.69) is 27.2 Å². The number of carbonyl (C=O) groups is 3. The fourth-order valence-corrected chi connectivity index (χ4v) is 2.99. The minimum Gasteiger partial charge on any atom is -0.512 e. The molecule has 0 saturated carbocycles. The Morgan fingerprint density at radius 2 is 1.77 bits per heavy atom. The van der Waals surface area contributed by atoms with Gasteiger partial charge in [-0.3, -0.25) is 24.4 Å². The first-order valence-electron chi connectivity index (χ1n) is 10.9. The second-order valence-electron chi connectivity index (χ2n) is 8.55. The third-order valence-corrected chi connectivity index (χ3v) is 5.26. The Bertz CT molecular complexity index is 1150. The van der Waals surface area contributed by atoms with E-state index in [-0.39, 0.29) is 23.6 Å². The first kappa shape index (κ1) is 27.0. The number of aliphatic imine (C=N–C) groups is 1. The van der Waals surface area contributed by atoms with Crippen LogP contribution >= 0.6 is 0 Å². The van der Waals surface area contributed by atoms with Crippen molar-refractivity contribution in [1.29, 1.82) is 0 Å². The molecule has 2 amide bonds. The summed E-state index contributed by atoms with van der Waals surface area (Å²) in [6.07, 6.45) is 4.52. The molecule has 184 valence electrons. The SMILES string of the molecule is C=C(N=C/C(C(=O)NC(C)(C)c1ccc(-c2cccnc2)cc1)=C(\C)O)C(=O)NCC(C)C(=O)O. The Balaban J connectivity index is 2.09. The van der Waals surface area contributed by atoms with Crippen LogP contribution in [-0.2, 0) is 19.9 Å². The highest BCUT2D eigenvalue weighted by atomic mass is 16.4. The highest BCUT2D eigenvalue weighted by Gasteiger charge is 2.25. The van der Waals surface area contributed by atoms with Crippen molar-refractivity contribution in [3.05, 3.63) is 78.0 Å². The summed E-state index contributed by atoms with van der Waals surface area (Å²) in [5, 5.41) is 24.2. The molecule has 1 atom stereocenters. The average molecular weight is 479 g/mol. The number of hydrogen-bond donors (Lipinski definition) is 4. The van der Waals surface area contributed by atoms with Crippen molar-refractivity contribution >= 4 is 24.0 Å². The smallest absolute Gasteiger partial charge is 0.308 e. The summed E-state index contributed by atoms with van der Waals surface area (Å²) in [6.45, 7) is 9.84. The van der Waals surface area contributed by atoms with Crippen molar-refractivity contribution in [2.75, 3.05) is 6.54 Å². The van der Waals surface area contributed by atoms with Gasteiger partial charge < -0.3 is 20.8 Å². The number of rotatable bonds is 10. The van der Waals surface area contributed by atoms with E-state index >= 15 is 0 Å². The van der Waals surface area contributed by atoms with Crippen LogP contribution in [0.25, 0.3) is 11.1 Å². The molecule has 0 saturated heterocycles. The van der Waals surface area contributed by atoms with Crippen LogP contribution in [-0.4, -0.2) is 45.7 Å². The highest BCUT2D eigenvalue weighted by molar-refractivity contribution is 6.13. The van der Waals surface area contributed by atoms with Gasteiger partial charge in [0.1, 0.15) is 11.5 Å². The molecule has 0 spiro atoms. The summed E-state index contributed by atoms with van der Waals surface area (Å²) in [6, 6.07) is 11.5. The number of aliphatic hydroxyl groups excluding tert-OH is 1. The molecule has 0 aliphatic heterocycles. The number of nitrogens with zero attached hydrogens (tertiary/aromatic N) is 2. The van der Waals surface area contributed by atoms with Crippen molar-refractivity contribution in [2.24, 2.45) is 10.9 Å². The first-order chi connectivity index (χ1) is 16.4. The zero-order valence-corrected chi connectivity index (χ0v) is 20.2. The molecule has 4 N–H and O–H groups in total. The maximum atomic E-state index is 12.9. The summed E-state index contributed by atoms with van der Waals surface area (Å²) in [7, 11) is 0. The largest absolute Gasteiger partial charge is 0.512 e. The van der Waals surface area contributed by atoms with Crippen LogP contribution in [0, 0.1) is 5.92 Å². The third kappa shape index (κ3) is 7.63. The van der Waals surface area contributed by atoms with E-state index in [9.17, 15) is 19.5 Å². The van der Waals surface area contributed by atoms with Gasteiger partial charge in [0.15, 0.2) is 0 Å². The van der Waals surface area contributed by atoms with Gasteiger partial charge in [0.2, 0.25) is 0 Å². The maximum absolute atomic E-state index is 12.9. The van der Waals surface area contributed by atoms with Crippen molar-refractivity contribution in [1.82, 2.24) is 15.6 Å². The van der Waals surface area contributed by atoms with Gasteiger partial charge in [0, 0.05) is 25.2 Å². The molecule has 0 aliphatic carbocycles. The summed E-state index contributed by atoms with van der Waals surface area (Å²) in [4.78, 5) is 43.8. The summed E-state index contributed by atoms with van der Waals surface area (Å²) < 4.78 is 0. The minimum atomic E-state index is -1.05. The van der Waals surface area contributed by atoms with Gasteiger partial charge in [-0.1, -0.05) is 43.8 Å². The lowest BCUT2D eigenvalue weighted by Gasteiger charge is -2.27. The van der Waals surface area contributed by atoms with Gasteiger partial charge in [-0.25, -0.2) is 0 Å². The quantitative estimate of drug-likeness (QED) is 0.234. The Labute approximate surface area is 204 Å². The van der Waals surface area contributed by atoms with Crippen molar-refractivity contribution in [2.45, 2.75) is 33.2 Å². The van der Waals surface area contributed by atoms with Gasteiger partial charge in [-0.15, -0.1) is 0 Å². The van der Waals surface area contributed by atoms with E-state index < -0.39 is 29.2 Å². The van der Waals surface area contributed by atoms with Crippen LogP contribution < -0.4 is 10.6 Å². The number of pyridine rings is 1. The minimum absolute atomic E-state index is 0.0985. The Hall–Kier alpha value is -4.27. The van der Waals surface area contributed by atoms with Crippen LogP contribution in [0.15, 0.2) is 77.4 Å². The van der Waals surface area contributed by atoms with Crippen LogP contribution in [0.3, 0.4) is 0 Å². The average Bonchev–Trinajstić information content (AvgIpc) is 2.82. The number of allylic oxidation sites excluding steroid dienone is 1. The van der Waals surface area contributed by atoms with Gasteiger partial charge in [0.05, 0.1) is 17.0 Å². The number of aliphatic hydroxyl groups is 1. The zero-order valence-electron chi connectivity index (χ0n) is 20.2. The van der Waals surface area contributed by atoms with Crippen LogP contribution in [0.2, 0.25) is 0 Å². The van der Waals surface area contributed by atoms with E-state index in [0.29, 0.717) is 0 Å². The van der Waals surface area contributed by atoms with E-state index in [1.165, 1.54) is 13.8 Å². The number of aromatic nitrogens is 1. The van der Waals surface area contributed by atoms with Crippen molar-refractivity contribution in [3.63, 3.8) is 0 Å². The molecule has 0 bridgehead atoms. The number of carboxylic acids is 1. The topological polar surface area (TPSA) is 141 Å². The molecule has 1 aromatic heterocycles. The van der Waals surface area contributed by atoms with Gasteiger partial charge >= 0.3 is 5.97 Å². The standard InChI is InChI=1S/C26H30N4O5/c1-16(25(34)35)13-29-23(32)17(2)28-15-22(18(3)31)24(33)30-26(4,5)21-10-8-19(9-11-21)20-7-6-12-27-14-20/h6-12,14-16,31H,2,13H2,1,3-5H3,(H,29,32)(H,30,33)(H,34,35)/b22-18-,28-15?. The van der Waals surface area contributed by atoms with Crippen molar-refractivity contribution in [3.8, 4) is 11.1 Å². The lowest BCUT2D eigenvalue weighted by atomic mass is 9.92. The molecular formula is C26H30N4O5. The second-order valence-corrected chi connectivity index (χ2v) is 8.55. The zero-order chi connectivity index (χ0) is 26.2. The molecule has 0 fully saturated rings. The number of amides is 2. The van der Waals surface area contributed by atoms with Gasteiger partial charge in [-0.2, -0.15) is 0 Å². The molecule has 1 aromatic carbocycles. The van der Waals surface area contributed by atoms with E-state index in [4.69, 9.17) is 5.11 Å². The highest BCUT2D eigenvalue weighted by Crippen LogP contribution is 2.25. The molecule has 0 radical (unpaired) electrons. The van der Waals surface area contributed by atoms with E-state index in [0.717, 1.165) is 22.9 Å². The second kappa shape index (κ2) is 11.7. The van der Waals surface area contributed by atoms with E-state index in [1.807, 2.05) is 50.2 Å². The number of hydrogen-bond acceptors (Lipinski definition) is 6. The number of benzene rings is 1. The Morgan fingerprint density at radius 3 is 2.31 bits per heavy atom. The maximum Gasteiger partial charge on any atom is 0.308 e.